The zero-order valence-electron chi connectivity index (χ0n) is 3.82. The van der Waals surface area contributed by atoms with E-state index < -0.39 is 6.09 Å². The van der Waals surface area contributed by atoms with E-state index in [0.29, 0.717) is 0 Å². The van der Waals surface area contributed by atoms with Crippen LogP contribution in [-0.4, -0.2) is 13.2 Å². The first-order valence-corrected chi connectivity index (χ1v) is 1.07. The van der Waals surface area contributed by atoms with Gasteiger partial charge in [0.15, 0.2) is 1.41 Å². The van der Waals surface area contributed by atoms with Gasteiger partial charge >= 0.3 is 6.09 Å². The second-order valence-electron chi connectivity index (χ2n) is 0.492. The van der Waals surface area contributed by atoms with Crippen LogP contribution < -0.4 is 5.73 Å². The maximum absolute atomic E-state index is 9.66. The van der Waals surface area contributed by atoms with Crippen molar-refractivity contribution in [2.75, 3.05) is 7.11 Å². The molecule has 0 aliphatic carbocycles. The van der Waals surface area contributed by atoms with E-state index >= 15 is 0 Å². The number of rotatable bonds is 0. The third kappa shape index (κ3) is 3.27. The lowest BCUT2D eigenvalue weighted by atomic mass is 11.3. The number of amides is 1. The summed E-state index contributed by atoms with van der Waals surface area (Å²) in [5, 5.41) is 0. The lowest BCUT2D eigenvalue weighted by Gasteiger charge is -1.81. The van der Waals surface area contributed by atoms with E-state index in [0.717, 1.165) is 0 Å². The van der Waals surface area contributed by atoms with Crippen LogP contribution in [0.2, 0.25) is 1.41 Å². The van der Waals surface area contributed by atoms with E-state index in [1.807, 2.05) is 0 Å². The molecule has 3 nitrogen and oxygen atoms in total. The predicted molar refractivity (Wildman–Crippen MR) is 18.7 cm³/mol. The Morgan fingerprint density at radius 2 is 3.20 bits per heavy atom. The third-order valence-corrected chi connectivity index (χ3v) is 0.185. The molecule has 0 fully saturated rings. The first-order chi connectivity index (χ1) is 2.81. The highest BCUT2D eigenvalue weighted by Crippen LogP contribution is 1.55. The maximum Gasteiger partial charge on any atom is 0.404 e. The Kier molecular flexibility index (Phi) is 0.789. The van der Waals surface area contributed by atoms with Gasteiger partial charge in [-0.05, 0) is 0 Å². The van der Waals surface area contributed by atoms with Crippen molar-refractivity contribution < 1.29 is 12.4 Å². The molecule has 0 radical (unpaired) electrons. The van der Waals surface area contributed by atoms with E-state index in [1.165, 1.54) is 12.8 Å². The second-order valence-corrected chi connectivity index (χ2v) is 0.492. The normalized spacial score (nSPS) is 8.60. The van der Waals surface area contributed by atoms with Gasteiger partial charge in [0.1, 0.15) is 0 Å². The fraction of sp³-hybridized carbons (Fsp3) is 0.500. The molecule has 0 rings (SSSR count). The summed E-state index contributed by atoms with van der Waals surface area (Å²) in [6, 6.07) is 0. The van der Waals surface area contributed by atoms with Crippen molar-refractivity contribution >= 4 is 6.09 Å². The molecule has 0 atom stereocenters. The lowest BCUT2D eigenvalue weighted by Crippen LogP contribution is -2.08. The van der Waals surface area contributed by atoms with Crippen molar-refractivity contribution in [1.82, 2.24) is 0 Å². The minimum Gasteiger partial charge on any atom is -0.453 e. The summed E-state index contributed by atoms with van der Waals surface area (Å²) in [5.74, 6) is 0. The molecule has 0 aliphatic heterocycles. The average molecular weight is 79.1 g/mol. The van der Waals surface area contributed by atoms with Gasteiger partial charge in [-0.1, -0.05) is 0 Å². The van der Waals surface area contributed by atoms with Crippen LogP contribution in [0, 0.1) is 0 Å². The molecule has 5 heavy (non-hydrogen) atoms. The van der Waals surface area contributed by atoms with Crippen LogP contribution in [0.25, 0.3) is 0 Å². The molecule has 0 spiro atoms. The van der Waals surface area contributed by atoms with Crippen LogP contribution in [0.1, 0.15) is 1.43 Å². The standard InChI is InChI=1S/C2H5NO2.H2/c1-5-2(3)4;/h1H3,(H2,3,4);1H/i/hT. The lowest BCUT2D eigenvalue weighted by molar-refractivity contribution is 0.182. The van der Waals surface area contributed by atoms with Gasteiger partial charge in [0, 0.05) is 1.43 Å². The molecular weight excluding hydrogens is 70.0 g/mol. The van der Waals surface area contributed by atoms with Crippen LogP contribution in [0.15, 0.2) is 0 Å². The highest BCUT2D eigenvalue weighted by molar-refractivity contribution is 5.64. The molecule has 2 N–H and O–H groups in total. The monoisotopic (exact) mass is 79.1 g/mol. The van der Waals surface area contributed by atoms with E-state index in [1.54, 1.807) is 0 Å². The van der Waals surface area contributed by atoms with E-state index in [9.17, 15) is 4.79 Å². The van der Waals surface area contributed by atoms with Gasteiger partial charge in [-0.25, -0.2) is 4.79 Å². The molecule has 0 aliphatic rings. The largest absolute Gasteiger partial charge is 0.453 e. The highest BCUT2D eigenvalue weighted by Gasteiger charge is 1.76. The van der Waals surface area contributed by atoms with Crippen molar-refractivity contribution in [3.8, 4) is 0 Å². The Morgan fingerprint density at radius 3 is 3.20 bits per heavy atom. The number of primary amides is 1. The van der Waals surface area contributed by atoms with Gasteiger partial charge in [0.05, 0.1) is 7.11 Å². The summed E-state index contributed by atoms with van der Waals surface area (Å²) in [6.07, 6.45) is -0.741. The van der Waals surface area contributed by atoms with Gasteiger partial charge in [-0.3, -0.25) is 0 Å². The van der Waals surface area contributed by atoms with Crippen LogP contribution in [-0.2, 0) is 4.74 Å². The topological polar surface area (TPSA) is 52.3 Å². The number of hydrogen-bond donors (Lipinski definition) is 1. The summed E-state index contributed by atoms with van der Waals surface area (Å²) in [6.45, 7) is 0. The van der Waals surface area contributed by atoms with Crippen LogP contribution in [0.5, 0.6) is 0 Å². The molecule has 1 amide bonds. The van der Waals surface area contributed by atoms with Crippen molar-refractivity contribution in [3.05, 3.63) is 0 Å². The summed E-state index contributed by atoms with van der Waals surface area (Å²) < 4.78 is 10.0. The number of methoxy groups -OCH3 is 1. The molecule has 32 valence electrons. The molecule has 3 heteroatoms. The number of hydrogen-bond acceptors (Lipinski definition) is 2. The zero-order chi connectivity index (χ0) is 4.99. The first-order valence-electron chi connectivity index (χ1n) is 1.57. The van der Waals surface area contributed by atoms with Crippen molar-refractivity contribution in [2.45, 2.75) is 0 Å². The minimum atomic E-state index is -0.741. The van der Waals surface area contributed by atoms with E-state index in [2.05, 4.69) is 4.74 Å². The van der Waals surface area contributed by atoms with E-state index in [-0.39, 0.29) is 1.43 Å². The van der Waals surface area contributed by atoms with E-state index in [4.69, 9.17) is 1.41 Å². The van der Waals surface area contributed by atoms with Crippen molar-refractivity contribution in [3.63, 3.8) is 0 Å². The average Bonchev–Trinajstić information content (AvgIpc) is 1.65. The molecule has 0 aromatic heterocycles. The molecule has 0 saturated heterocycles. The number of ether oxygens (including phenoxy) is 1. The maximum atomic E-state index is 9.66. The SMILES string of the molecule is [3H]NC(=O)OC.[HH]. The Morgan fingerprint density at radius 1 is 2.60 bits per heavy atom. The Hall–Kier alpha value is -0.730. The molecule has 0 aromatic rings. The van der Waals surface area contributed by atoms with Crippen LogP contribution in [0.4, 0.5) is 4.79 Å². The molecule has 0 aromatic carbocycles. The number of carbonyl (C=O) groups is 1. The van der Waals surface area contributed by atoms with Gasteiger partial charge in [0.25, 0.3) is 0 Å². The van der Waals surface area contributed by atoms with Crippen molar-refractivity contribution in [1.29, 1.82) is 0 Å². The highest BCUT2D eigenvalue weighted by atomic mass is 16.5. The van der Waals surface area contributed by atoms with Crippen LogP contribution in [0.3, 0.4) is 0 Å². The summed E-state index contributed by atoms with van der Waals surface area (Å²) >= 11 is 0. The quantitative estimate of drug-likeness (QED) is 0.443. The molecular formula is C2H7NO2. The van der Waals surface area contributed by atoms with Gasteiger partial charge in [-0.15, -0.1) is 0 Å². The summed E-state index contributed by atoms with van der Waals surface area (Å²) in [5.41, 5.74) is 1.50. The molecule has 0 heterocycles. The predicted octanol–water partition coefficient (Wildman–Crippen LogP) is -0.0425. The zero-order valence-corrected chi connectivity index (χ0v) is 2.82. The smallest absolute Gasteiger partial charge is 0.404 e. The van der Waals surface area contributed by atoms with Crippen molar-refractivity contribution in [2.24, 2.45) is 5.73 Å². The second kappa shape index (κ2) is 1.58. The van der Waals surface area contributed by atoms with Gasteiger partial charge < -0.3 is 10.5 Å². The fourth-order valence-corrected chi connectivity index (χ4v) is 0. The number of carbonyl (C=O) groups excluding carboxylic acids is 1. The Labute approximate surface area is 32.7 Å². The van der Waals surface area contributed by atoms with Gasteiger partial charge in [0.2, 0.25) is 0 Å². The Balaban J connectivity index is 0. The van der Waals surface area contributed by atoms with Gasteiger partial charge in [-0.2, -0.15) is 0 Å². The molecule has 0 unspecified atom stereocenters. The fourth-order valence-electron chi connectivity index (χ4n) is 0. The first kappa shape index (κ1) is 2.50. The molecule has 0 saturated carbocycles. The number of nitrogens with two attached hydrogens (primary N) is 1. The molecule has 0 bridgehead atoms. The Bertz CT molecular complexity index is 51.7. The summed E-state index contributed by atoms with van der Waals surface area (Å²) in [4.78, 5) is 9.66. The van der Waals surface area contributed by atoms with Crippen LogP contribution >= 0.6 is 0 Å². The third-order valence-electron chi connectivity index (χ3n) is 0.185. The minimum absolute atomic E-state index is 0. The summed E-state index contributed by atoms with van der Waals surface area (Å²) in [7, 11) is 1.20.